The predicted octanol–water partition coefficient (Wildman–Crippen LogP) is 13.4. The number of rotatable bonds is 4. The van der Waals surface area contributed by atoms with Crippen LogP contribution >= 0.6 is 11.3 Å². The predicted molar refractivity (Wildman–Crippen MR) is 232 cm³/mol. The molecule has 4 nitrogen and oxygen atoms in total. The van der Waals surface area contributed by atoms with Crippen molar-refractivity contribution in [1.29, 1.82) is 0 Å². The van der Waals surface area contributed by atoms with Gasteiger partial charge in [-0.05, 0) is 52.1 Å². The van der Waals surface area contributed by atoms with Gasteiger partial charge in [-0.3, -0.25) is 0 Å². The molecule has 1 spiro atoms. The quantitative estimate of drug-likeness (QED) is 0.180. The number of benzene rings is 8. The average molecular weight is 746 g/mol. The lowest BCUT2D eigenvalue weighted by molar-refractivity contribution is 0.438. The molecule has 1 aliphatic heterocycles. The van der Waals surface area contributed by atoms with Crippen LogP contribution in [0.4, 0.5) is 0 Å². The highest BCUT2D eigenvalue weighted by Crippen LogP contribution is 2.63. The van der Waals surface area contributed by atoms with Gasteiger partial charge in [0.15, 0.2) is 17.5 Å². The van der Waals surface area contributed by atoms with Crippen LogP contribution in [0.3, 0.4) is 0 Å². The highest BCUT2D eigenvalue weighted by molar-refractivity contribution is 7.25. The summed E-state index contributed by atoms with van der Waals surface area (Å²) in [6.45, 7) is 0. The van der Waals surface area contributed by atoms with E-state index in [9.17, 15) is 0 Å². The molecule has 10 aromatic rings. The van der Waals surface area contributed by atoms with Crippen LogP contribution < -0.4 is 4.74 Å². The van der Waals surface area contributed by atoms with Gasteiger partial charge in [-0.15, -0.1) is 11.3 Å². The van der Waals surface area contributed by atoms with Crippen LogP contribution in [0.15, 0.2) is 188 Å². The molecule has 0 atom stereocenters. The lowest BCUT2D eigenvalue weighted by Crippen LogP contribution is -2.32. The van der Waals surface area contributed by atoms with Crippen LogP contribution in [-0.2, 0) is 5.41 Å². The Morgan fingerprint density at radius 2 is 0.912 bits per heavy atom. The van der Waals surface area contributed by atoms with Gasteiger partial charge in [0, 0.05) is 53.6 Å². The topological polar surface area (TPSA) is 47.9 Å². The largest absolute Gasteiger partial charge is 0.456 e. The van der Waals surface area contributed by atoms with E-state index in [1.807, 2.05) is 18.2 Å². The Kier molecular flexibility index (Phi) is 6.98. The molecule has 0 saturated carbocycles. The minimum Gasteiger partial charge on any atom is -0.456 e. The minimum atomic E-state index is -0.534. The molecule has 0 unspecified atom stereocenters. The zero-order valence-electron chi connectivity index (χ0n) is 30.6. The average Bonchev–Trinajstić information content (AvgIpc) is 3.80. The van der Waals surface area contributed by atoms with E-state index in [1.165, 1.54) is 42.4 Å². The lowest BCUT2D eigenvalue weighted by Gasteiger charge is -2.40. The first-order valence-corrected chi connectivity index (χ1v) is 20.0. The van der Waals surface area contributed by atoms with E-state index in [-0.39, 0.29) is 0 Å². The number of hydrogen-bond donors (Lipinski definition) is 0. The molecule has 12 rings (SSSR count). The molecule has 0 amide bonds. The van der Waals surface area contributed by atoms with Crippen LogP contribution in [0, 0.1) is 0 Å². The Bertz CT molecular complexity index is 3200. The van der Waals surface area contributed by atoms with Crippen LogP contribution in [0.25, 0.3) is 76.6 Å². The fourth-order valence-electron chi connectivity index (χ4n) is 9.15. The lowest BCUT2D eigenvalue weighted by atomic mass is 9.65. The standard InChI is InChI=1S/C52H31N3OS/c1-2-14-32(15-3-1)49-53-50(55-51(54-49)35-28-29-40-39-20-6-11-27-46(39)57-47(40)31-35)34-17-12-16-33(30-34)36-21-13-25-44-48(36)56-45-26-10-9-24-43(45)52(44)41-22-7-4-18-37(41)38-19-5-8-23-42(38)52/h1-31H. The van der Waals surface area contributed by atoms with Crippen molar-refractivity contribution >= 4 is 31.5 Å². The van der Waals surface area contributed by atoms with Gasteiger partial charge < -0.3 is 4.74 Å². The van der Waals surface area contributed by atoms with Crippen molar-refractivity contribution in [3.63, 3.8) is 0 Å². The van der Waals surface area contributed by atoms with E-state index >= 15 is 0 Å². The summed E-state index contributed by atoms with van der Waals surface area (Å²) in [6.07, 6.45) is 0. The molecule has 0 N–H and O–H groups in total. The van der Waals surface area contributed by atoms with Gasteiger partial charge in [0.05, 0.1) is 5.41 Å². The third kappa shape index (κ3) is 4.76. The van der Waals surface area contributed by atoms with Crippen LogP contribution in [0.2, 0.25) is 0 Å². The number of thiophene rings is 1. The third-order valence-electron chi connectivity index (χ3n) is 11.6. The van der Waals surface area contributed by atoms with E-state index in [4.69, 9.17) is 19.7 Å². The minimum absolute atomic E-state index is 0.534. The van der Waals surface area contributed by atoms with E-state index in [1.54, 1.807) is 11.3 Å². The second-order valence-corrected chi connectivity index (χ2v) is 15.8. The number of aromatic nitrogens is 3. The number of ether oxygens (including phenoxy) is 1. The normalized spacial score (nSPS) is 13.2. The van der Waals surface area contributed by atoms with Crippen molar-refractivity contribution in [3.8, 4) is 67.9 Å². The van der Waals surface area contributed by atoms with Gasteiger partial charge in [0.25, 0.3) is 0 Å². The number of fused-ring (bicyclic) bond motifs is 12. The Balaban J connectivity index is 1.04. The Hall–Kier alpha value is -7.21. The van der Waals surface area contributed by atoms with Crippen molar-refractivity contribution in [2.45, 2.75) is 5.41 Å². The van der Waals surface area contributed by atoms with Crippen LogP contribution in [-0.4, -0.2) is 15.0 Å². The van der Waals surface area contributed by atoms with Crippen molar-refractivity contribution in [3.05, 3.63) is 210 Å². The van der Waals surface area contributed by atoms with E-state index < -0.39 is 5.41 Å². The first-order chi connectivity index (χ1) is 28.2. The maximum atomic E-state index is 7.00. The number of nitrogens with zero attached hydrogens (tertiary/aromatic N) is 3. The Labute approximate surface area is 333 Å². The van der Waals surface area contributed by atoms with Gasteiger partial charge in [-0.25, -0.2) is 15.0 Å². The van der Waals surface area contributed by atoms with E-state index in [0.717, 1.165) is 50.4 Å². The summed E-state index contributed by atoms with van der Waals surface area (Å²) < 4.78 is 9.47. The molecule has 5 heteroatoms. The van der Waals surface area contributed by atoms with Gasteiger partial charge in [-0.1, -0.05) is 164 Å². The molecule has 57 heavy (non-hydrogen) atoms. The molecular formula is C52H31N3OS. The summed E-state index contributed by atoms with van der Waals surface area (Å²) in [5.41, 5.74) is 11.6. The molecule has 3 heterocycles. The van der Waals surface area contributed by atoms with E-state index in [2.05, 4.69) is 170 Å². The van der Waals surface area contributed by atoms with Gasteiger partial charge >= 0.3 is 0 Å². The summed E-state index contributed by atoms with van der Waals surface area (Å²) in [6, 6.07) is 66.5. The third-order valence-corrected chi connectivity index (χ3v) is 12.7. The molecule has 1 aliphatic carbocycles. The summed E-state index contributed by atoms with van der Waals surface area (Å²) >= 11 is 1.79. The maximum Gasteiger partial charge on any atom is 0.164 e. The second-order valence-electron chi connectivity index (χ2n) is 14.7. The van der Waals surface area contributed by atoms with Crippen molar-refractivity contribution < 1.29 is 4.74 Å². The zero-order valence-corrected chi connectivity index (χ0v) is 31.4. The summed E-state index contributed by atoms with van der Waals surface area (Å²) in [5.74, 6) is 3.61. The summed E-state index contributed by atoms with van der Waals surface area (Å²) in [5, 5.41) is 2.51. The molecule has 2 aromatic heterocycles. The molecular weight excluding hydrogens is 715 g/mol. The zero-order chi connectivity index (χ0) is 37.5. The molecule has 2 aliphatic rings. The first kappa shape index (κ1) is 32.1. The molecule has 8 aromatic carbocycles. The molecule has 0 saturated heterocycles. The number of para-hydroxylation sites is 2. The van der Waals surface area contributed by atoms with Crippen LogP contribution in [0.5, 0.6) is 11.5 Å². The van der Waals surface area contributed by atoms with Crippen molar-refractivity contribution in [2.75, 3.05) is 0 Å². The molecule has 0 radical (unpaired) electrons. The Morgan fingerprint density at radius 1 is 0.368 bits per heavy atom. The highest BCUT2D eigenvalue weighted by atomic mass is 32.1. The molecule has 0 fully saturated rings. The van der Waals surface area contributed by atoms with Crippen molar-refractivity contribution in [1.82, 2.24) is 15.0 Å². The fourth-order valence-corrected chi connectivity index (χ4v) is 10.3. The SMILES string of the molecule is c1ccc(-c2nc(-c3cccc(-c4cccc5c4Oc4ccccc4C54c5ccccc5-c5ccccc54)c3)nc(-c3ccc4c(c3)sc3ccccc34)n2)cc1. The smallest absolute Gasteiger partial charge is 0.164 e. The maximum absolute atomic E-state index is 7.00. The van der Waals surface area contributed by atoms with Crippen molar-refractivity contribution in [2.24, 2.45) is 0 Å². The summed E-state index contributed by atoms with van der Waals surface area (Å²) in [7, 11) is 0. The monoisotopic (exact) mass is 745 g/mol. The molecule has 266 valence electrons. The first-order valence-electron chi connectivity index (χ1n) is 19.2. The fraction of sp³-hybridized carbons (Fsp3) is 0.0192. The van der Waals surface area contributed by atoms with Crippen LogP contribution in [0.1, 0.15) is 22.3 Å². The highest BCUT2D eigenvalue weighted by Gasteiger charge is 2.51. The summed E-state index contributed by atoms with van der Waals surface area (Å²) in [4.78, 5) is 15.3. The molecule has 0 bridgehead atoms. The van der Waals surface area contributed by atoms with Gasteiger partial charge in [0.2, 0.25) is 0 Å². The van der Waals surface area contributed by atoms with E-state index in [0.29, 0.717) is 17.5 Å². The van der Waals surface area contributed by atoms with Gasteiger partial charge in [-0.2, -0.15) is 0 Å². The Morgan fingerprint density at radius 3 is 1.70 bits per heavy atom. The second kappa shape index (κ2) is 12.4. The number of hydrogen-bond acceptors (Lipinski definition) is 5. The van der Waals surface area contributed by atoms with Gasteiger partial charge in [0.1, 0.15) is 11.5 Å².